The summed E-state index contributed by atoms with van der Waals surface area (Å²) in [6, 6.07) is 14.8. The van der Waals surface area contributed by atoms with Crippen LogP contribution in [0, 0.1) is 20.8 Å². The largest absolute Gasteiger partial charge is 0.542 e. The molecule has 79 heavy (non-hydrogen) atoms. The molecule has 3 aromatic carbocycles. The van der Waals surface area contributed by atoms with Crippen molar-refractivity contribution in [3.63, 3.8) is 0 Å². The molecule has 10 rings (SSSR count). The van der Waals surface area contributed by atoms with Crippen LogP contribution in [0.2, 0.25) is 5.02 Å². The third-order valence-electron chi connectivity index (χ3n) is 13.4. The zero-order valence-electron chi connectivity index (χ0n) is 42.4. The number of carboxylic acid groups (broad SMARTS) is 1. The van der Waals surface area contributed by atoms with Crippen molar-refractivity contribution in [3.8, 4) is 5.00 Å². The Labute approximate surface area is 455 Å². The summed E-state index contributed by atoms with van der Waals surface area (Å²) in [6.07, 6.45) is -3.99. The number of aryl methyl sites for hydroxylation is 2. The summed E-state index contributed by atoms with van der Waals surface area (Å²) in [5.74, 6) is -5.95. The number of aliphatic imine (C=N–C) groups is 1. The number of amides is 8. The van der Waals surface area contributed by atoms with Crippen LogP contribution in [-0.2, 0) is 28.8 Å². The molecule has 22 nitrogen and oxygen atoms in total. The number of rotatable bonds is 13. The van der Waals surface area contributed by atoms with E-state index < -0.39 is 71.6 Å². The fourth-order valence-corrected chi connectivity index (χ4v) is 10.8. The van der Waals surface area contributed by atoms with Gasteiger partial charge in [-0.1, -0.05) is 35.9 Å². The number of carbonyl (C=O) groups is 10. The van der Waals surface area contributed by atoms with Gasteiger partial charge in [-0.05, 0) is 82.0 Å². The third-order valence-corrected chi connectivity index (χ3v) is 14.8. The minimum atomic E-state index is -5.19. The van der Waals surface area contributed by atoms with Gasteiger partial charge in [0, 0.05) is 64.6 Å². The van der Waals surface area contributed by atoms with Gasteiger partial charge in [0.15, 0.2) is 5.82 Å². The number of carboxylic acids is 1. The molecule has 2 aromatic heterocycles. The fraction of sp³-hybridized carbons (Fsp3) is 0.327. The van der Waals surface area contributed by atoms with Gasteiger partial charge in [0.1, 0.15) is 40.7 Å². The number of quaternary nitrogens is 1. The van der Waals surface area contributed by atoms with E-state index in [1.807, 2.05) is 35.8 Å². The SMILES string of the molecule is Cc1sc2c(c1C)C(c1ccc(Cl)cc1)=N[C@@H](CC(=O)CCCNc1cccc3c1C(=O)N(C1CCC(=O)NC1=O)C3=O)c1nnc(C)n1-2.O=C([O-])C(F)(F)F.[NH3+]CCNc1cccc2c1C(=O)N(C1CCC(=O)NC1=O)C2=O. The number of halogens is 4. The number of aliphatic carboxylic acids is 1. The first-order valence-corrected chi connectivity index (χ1v) is 25.8. The van der Waals surface area contributed by atoms with Gasteiger partial charge in [0.25, 0.3) is 23.6 Å². The average molecular weight is 1130 g/mol. The molecule has 412 valence electrons. The molecule has 27 heteroatoms. The Balaban J connectivity index is 0.000000226. The van der Waals surface area contributed by atoms with E-state index >= 15 is 0 Å². The van der Waals surface area contributed by atoms with Crippen molar-refractivity contribution in [2.45, 2.75) is 90.0 Å². The minimum absolute atomic E-state index is 0.00931. The highest BCUT2D eigenvalue weighted by molar-refractivity contribution is 7.15. The van der Waals surface area contributed by atoms with Crippen LogP contribution in [0.25, 0.3) is 5.00 Å². The second-order valence-corrected chi connectivity index (χ2v) is 20.2. The molecule has 2 saturated heterocycles. The maximum Gasteiger partial charge on any atom is 0.430 e. The Bertz CT molecular complexity index is 3410. The van der Waals surface area contributed by atoms with E-state index in [1.165, 1.54) is 0 Å². The van der Waals surface area contributed by atoms with Crippen molar-refractivity contribution in [3.05, 3.63) is 121 Å². The molecule has 0 radical (unpaired) electrons. The van der Waals surface area contributed by atoms with Gasteiger partial charge < -0.3 is 26.3 Å². The van der Waals surface area contributed by atoms with Crippen LogP contribution in [0.1, 0.15) is 126 Å². The van der Waals surface area contributed by atoms with Gasteiger partial charge in [-0.3, -0.25) is 73.1 Å². The van der Waals surface area contributed by atoms with Gasteiger partial charge in [0.2, 0.25) is 23.6 Å². The van der Waals surface area contributed by atoms with Crippen LogP contribution in [0.5, 0.6) is 0 Å². The van der Waals surface area contributed by atoms with E-state index in [2.05, 4.69) is 51.0 Å². The second kappa shape index (κ2) is 23.2. The molecule has 0 saturated carbocycles. The smallest absolute Gasteiger partial charge is 0.430 e. The molecule has 0 aliphatic carbocycles. The molecular formula is C52H49ClF3N11O11S. The minimum Gasteiger partial charge on any atom is -0.542 e. The number of anilines is 2. The number of thiophene rings is 1. The number of hydrogen-bond acceptors (Lipinski definition) is 17. The molecule has 2 fully saturated rings. The lowest BCUT2D eigenvalue weighted by Crippen LogP contribution is -2.54. The topological polar surface area (TPSA) is 319 Å². The Morgan fingerprint density at radius 3 is 1.77 bits per heavy atom. The maximum atomic E-state index is 13.5. The molecule has 7 heterocycles. The number of nitrogens with zero attached hydrogens (tertiary/aromatic N) is 6. The zero-order valence-corrected chi connectivity index (χ0v) is 44.0. The highest BCUT2D eigenvalue weighted by Gasteiger charge is 2.47. The van der Waals surface area contributed by atoms with Gasteiger partial charge in [0.05, 0.1) is 41.1 Å². The summed E-state index contributed by atoms with van der Waals surface area (Å²) >= 11 is 7.86. The standard InChI is InChI=1S/C35H32ClN7O5S.C15H16N4O4.C2HF3O2/c1-17-18(2)49-35-28(17)30(20-9-11-21(36)12-10-20)38-25(31-41-40-19(3)42(31)35)16-22(44)6-5-15-37-24-8-4-7-23-29(24)34(48)43(33(23)47)26-13-14-27(45)39-32(26)46;16-6-7-17-9-3-1-2-8-12(9)15(23)19(14(8)22)10-4-5-11(20)18-13(10)21;3-2(4,5)1(6)7/h4,7-12,25-26,37H,5-6,13-16H2,1-3H3,(H,39,45,46);1-3,10,17H,4-7,16H2,(H,18,20,21);(H,6,7)/t25-,26?;;/m0../s1. The van der Waals surface area contributed by atoms with Crippen LogP contribution in [0.15, 0.2) is 65.7 Å². The molecule has 0 bridgehead atoms. The Kier molecular flexibility index (Phi) is 16.7. The Morgan fingerprint density at radius 1 is 0.759 bits per heavy atom. The lowest BCUT2D eigenvalue weighted by molar-refractivity contribution is -0.362. The van der Waals surface area contributed by atoms with Crippen molar-refractivity contribution in [2.24, 2.45) is 4.99 Å². The average Bonchev–Trinajstić information content (AvgIpc) is 4.22. The highest BCUT2D eigenvalue weighted by Crippen LogP contribution is 2.40. The van der Waals surface area contributed by atoms with Crippen molar-refractivity contribution in [1.29, 1.82) is 0 Å². The summed E-state index contributed by atoms with van der Waals surface area (Å²) in [4.78, 5) is 130. The monoisotopic (exact) mass is 1130 g/mol. The predicted octanol–water partition coefficient (Wildman–Crippen LogP) is 3.09. The molecule has 7 N–H and O–H groups in total. The predicted molar refractivity (Wildman–Crippen MR) is 274 cm³/mol. The van der Waals surface area contributed by atoms with Crippen LogP contribution < -0.4 is 32.1 Å². The fourth-order valence-electron chi connectivity index (χ4n) is 9.51. The highest BCUT2D eigenvalue weighted by atomic mass is 35.5. The molecule has 5 aliphatic rings. The normalized spacial score (nSPS) is 18.4. The summed E-state index contributed by atoms with van der Waals surface area (Å²) in [6.45, 7) is 7.60. The summed E-state index contributed by atoms with van der Waals surface area (Å²) in [7, 11) is 0. The number of piperidine rings is 2. The van der Waals surface area contributed by atoms with Crippen molar-refractivity contribution in [1.82, 2.24) is 35.2 Å². The van der Waals surface area contributed by atoms with Gasteiger partial charge >= 0.3 is 6.18 Å². The number of hydrogen-bond donors (Lipinski definition) is 5. The van der Waals surface area contributed by atoms with Gasteiger partial charge in [-0.2, -0.15) is 13.2 Å². The van der Waals surface area contributed by atoms with Crippen LogP contribution in [0.3, 0.4) is 0 Å². The zero-order chi connectivity index (χ0) is 57.2. The number of fused-ring (bicyclic) bond motifs is 5. The molecule has 0 spiro atoms. The van der Waals surface area contributed by atoms with Crippen molar-refractivity contribution in [2.75, 3.05) is 30.3 Å². The van der Waals surface area contributed by atoms with E-state index in [1.54, 1.807) is 47.7 Å². The van der Waals surface area contributed by atoms with E-state index in [0.29, 0.717) is 54.1 Å². The van der Waals surface area contributed by atoms with E-state index in [0.717, 1.165) is 42.1 Å². The second-order valence-electron chi connectivity index (χ2n) is 18.6. The van der Waals surface area contributed by atoms with E-state index in [4.69, 9.17) is 26.5 Å². The first-order chi connectivity index (χ1) is 37.5. The van der Waals surface area contributed by atoms with Crippen molar-refractivity contribution < 1.29 is 72.0 Å². The Hall–Kier alpha value is -8.49. The lowest BCUT2D eigenvalue weighted by atomic mass is 9.99. The number of carbonyl (C=O) groups excluding carboxylic acids is 10. The number of ketones is 1. The first kappa shape index (κ1) is 56.7. The number of nitrogens with one attached hydrogen (secondary N) is 4. The number of imide groups is 4. The molecule has 5 aliphatic heterocycles. The van der Waals surface area contributed by atoms with E-state index in [9.17, 15) is 56.3 Å². The van der Waals surface area contributed by atoms with Crippen LogP contribution in [0.4, 0.5) is 24.5 Å². The first-order valence-electron chi connectivity index (χ1n) is 24.6. The van der Waals surface area contributed by atoms with Crippen LogP contribution in [-0.4, -0.2) is 127 Å². The molecule has 5 aromatic rings. The Morgan fingerprint density at radius 2 is 1.28 bits per heavy atom. The number of aromatic nitrogens is 3. The lowest BCUT2D eigenvalue weighted by Gasteiger charge is -2.27. The van der Waals surface area contributed by atoms with Crippen molar-refractivity contribution >= 4 is 99.0 Å². The van der Waals surface area contributed by atoms with E-state index in [-0.39, 0.29) is 72.5 Å². The summed E-state index contributed by atoms with van der Waals surface area (Å²) < 4.78 is 33.6. The molecule has 8 amide bonds. The quantitative estimate of drug-likeness (QED) is 0.0836. The summed E-state index contributed by atoms with van der Waals surface area (Å²) in [5, 5.41) is 29.9. The van der Waals surface area contributed by atoms with Gasteiger partial charge in [-0.25, -0.2) is 0 Å². The summed E-state index contributed by atoms with van der Waals surface area (Å²) in [5.41, 5.74) is 9.41. The number of benzene rings is 3. The van der Waals surface area contributed by atoms with Gasteiger partial charge in [-0.15, -0.1) is 21.5 Å². The van der Waals surface area contributed by atoms with Crippen LogP contribution >= 0.6 is 22.9 Å². The number of alkyl halides is 3. The molecular weight excluding hydrogens is 1080 g/mol. The molecule has 3 atom stereocenters. The number of Topliss-reactive ketones (excluding diaryl/α,β-unsaturated/α-hetero) is 1. The molecule has 2 unspecified atom stereocenters. The third kappa shape index (κ3) is 11.6. The maximum absolute atomic E-state index is 13.5.